The second-order valence-electron chi connectivity index (χ2n) is 5.69. The monoisotopic (exact) mass is 373 g/mol. The lowest BCUT2D eigenvalue weighted by atomic mass is 10.1. The Hall–Kier alpha value is -3.22. The quantitative estimate of drug-likeness (QED) is 0.717. The smallest absolute Gasteiger partial charge is 0.338 e. The van der Waals surface area contributed by atoms with E-state index in [0.717, 1.165) is 5.56 Å². The van der Waals surface area contributed by atoms with Crippen LogP contribution in [0.1, 0.15) is 28.9 Å². The SMILES string of the molecule is COc1cc(C(=O)OCC(=O)NC(C)c2ccccc2)cc(OC)c1OC. The van der Waals surface area contributed by atoms with Crippen molar-refractivity contribution in [3.63, 3.8) is 0 Å². The topological polar surface area (TPSA) is 83.1 Å². The van der Waals surface area contributed by atoms with Crippen LogP contribution in [0, 0.1) is 0 Å². The number of carbonyl (C=O) groups excluding carboxylic acids is 2. The highest BCUT2D eigenvalue weighted by molar-refractivity contribution is 5.92. The van der Waals surface area contributed by atoms with Crippen LogP contribution in [0.5, 0.6) is 17.2 Å². The minimum atomic E-state index is -0.670. The number of amides is 1. The van der Waals surface area contributed by atoms with E-state index >= 15 is 0 Å². The predicted molar refractivity (Wildman–Crippen MR) is 99.4 cm³/mol. The van der Waals surface area contributed by atoms with Crippen molar-refractivity contribution in [2.24, 2.45) is 0 Å². The molecule has 1 N–H and O–H groups in total. The van der Waals surface area contributed by atoms with E-state index in [4.69, 9.17) is 18.9 Å². The van der Waals surface area contributed by atoms with Crippen molar-refractivity contribution in [2.45, 2.75) is 13.0 Å². The summed E-state index contributed by atoms with van der Waals surface area (Å²) in [6.07, 6.45) is 0. The Bertz CT molecular complexity index is 765. The van der Waals surface area contributed by atoms with Crippen LogP contribution >= 0.6 is 0 Å². The molecule has 0 aliphatic rings. The molecule has 0 radical (unpaired) electrons. The summed E-state index contributed by atoms with van der Waals surface area (Å²) in [6, 6.07) is 12.2. The summed E-state index contributed by atoms with van der Waals surface area (Å²) >= 11 is 0. The second-order valence-corrected chi connectivity index (χ2v) is 5.69. The van der Waals surface area contributed by atoms with Crippen LogP contribution < -0.4 is 19.5 Å². The Morgan fingerprint density at radius 3 is 2.07 bits per heavy atom. The average molecular weight is 373 g/mol. The Balaban J connectivity index is 2.00. The molecule has 0 fully saturated rings. The number of esters is 1. The van der Waals surface area contributed by atoms with Gasteiger partial charge >= 0.3 is 5.97 Å². The van der Waals surface area contributed by atoms with E-state index in [1.165, 1.54) is 33.5 Å². The van der Waals surface area contributed by atoms with E-state index in [1.54, 1.807) is 0 Å². The molecular formula is C20H23NO6. The van der Waals surface area contributed by atoms with Crippen LogP contribution in [-0.2, 0) is 9.53 Å². The molecule has 0 heterocycles. The zero-order valence-electron chi connectivity index (χ0n) is 15.8. The lowest BCUT2D eigenvalue weighted by Gasteiger charge is -2.15. The summed E-state index contributed by atoms with van der Waals surface area (Å²) in [5.74, 6) is -0.0493. The van der Waals surface area contributed by atoms with Crippen LogP contribution in [0.25, 0.3) is 0 Å². The van der Waals surface area contributed by atoms with Gasteiger partial charge in [0, 0.05) is 0 Å². The largest absolute Gasteiger partial charge is 0.493 e. The van der Waals surface area contributed by atoms with Gasteiger partial charge < -0.3 is 24.3 Å². The highest BCUT2D eigenvalue weighted by Crippen LogP contribution is 2.38. The fourth-order valence-corrected chi connectivity index (χ4v) is 2.52. The van der Waals surface area contributed by atoms with Gasteiger partial charge in [-0.1, -0.05) is 30.3 Å². The maximum atomic E-state index is 12.3. The molecule has 0 aliphatic heterocycles. The third-order valence-electron chi connectivity index (χ3n) is 3.91. The van der Waals surface area contributed by atoms with Crippen LogP contribution in [0.4, 0.5) is 0 Å². The molecule has 0 spiro atoms. The van der Waals surface area contributed by atoms with Crippen molar-refractivity contribution in [1.82, 2.24) is 5.32 Å². The van der Waals surface area contributed by atoms with Crippen molar-refractivity contribution < 1.29 is 28.5 Å². The van der Waals surface area contributed by atoms with Crippen LogP contribution in [-0.4, -0.2) is 39.8 Å². The lowest BCUT2D eigenvalue weighted by Crippen LogP contribution is -2.31. The molecule has 0 aliphatic carbocycles. The minimum Gasteiger partial charge on any atom is -0.493 e. The molecule has 1 atom stereocenters. The summed E-state index contributed by atoms with van der Waals surface area (Å²) in [7, 11) is 4.37. The van der Waals surface area contributed by atoms with Gasteiger partial charge in [0.1, 0.15) is 0 Å². The predicted octanol–water partition coefficient (Wildman–Crippen LogP) is 2.75. The van der Waals surface area contributed by atoms with Gasteiger partial charge in [0.05, 0.1) is 32.9 Å². The van der Waals surface area contributed by atoms with Gasteiger partial charge in [-0.2, -0.15) is 0 Å². The lowest BCUT2D eigenvalue weighted by molar-refractivity contribution is -0.124. The molecule has 0 saturated carbocycles. The van der Waals surface area contributed by atoms with Gasteiger partial charge in [-0.25, -0.2) is 4.79 Å². The van der Waals surface area contributed by atoms with E-state index in [9.17, 15) is 9.59 Å². The number of hydrogen-bond donors (Lipinski definition) is 1. The van der Waals surface area contributed by atoms with Crippen molar-refractivity contribution >= 4 is 11.9 Å². The summed E-state index contributed by atoms with van der Waals surface area (Å²) in [6.45, 7) is 1.46. The molecule has 1 amide bonds. The molecule has 2 aromatic carbocycles. The van der Waals surface area contributed by atoms with Gasteiger partial charge in [0.25, 0.3) is 5.91 Å². The molecule has 7 heteroatoms. The Morgan fingerprint density at radius 1 is 0.963 bits per heavy atom. The minimum absolute atomic E-state index is 0.188. The van der Waals surface area contributed by atoms with E-state index in [1.807, 2.05) is 37.3 Å². The van der Waals surface area contributed by atoms with E-state index < -0.39 is 18.5 Å². The van der Waals surface area contributed by atoms with Gasteiger partial charge in [0.2, 0.25) is 5.75 Å². The zero-order chi connectivity index (χ0) is 19.8. The molecule has 27 heavy (non-hydrogen) atoms. The number of nitrogens with one attached hydrogen (secondary N) is 1. The third kappa shape index (κ3) is 5.13. The number of methoxy groups -OCH3 is 3. The highest BCUT2D eigenvalue weighted by Gasteiger charge is 2.19. The molecule has 1 unspecified atom stereocenters. The van der Waals surface area contributed by atoms with Crippen molar-refractivity contribution in [3.8, 4) is 17.2 Å². The Kier molecular flexibility index (Phi) is 7.05. The number of rotatable bonds is 8. The standard InChI is InChI=1S/C20H23NO6/c1-13(14-8-6-5-7-9-14)21-18(22)12-27-20(23)15-10-16(24-2)19(26-4)17(11-15)25-3/h5-11,13H,12H2,1-4H3,(H,21,22). The number of carbonyl (C=O) groups is 2. The molecule has 0 bridgehead atoms. The van der Waals surface area contributed by atoms with E-state index in [0.29, 0.717) is 17.2 Å². The highest BCUT2D eigenvalue weighted by atomic mass is 16.5. The number of hydrogen-bond acceptors (Lipinski definition) is 6. The molecular weight excluding hydrogens is 350 g/mol. The molecule has 7 nitrogen and oxygen atoms in total. The molecule has 2 rings (SSSR count). The molecule has 2 aromatic rings. The first-order valence-corrected chi connectivity index (χ1v) is 8.31. The fraction of sp³-hybridized carbons (Fsp3) is 0.300. The Labute approximate surface area is 158 Å². The van der Waals surface area contributed by atoms with Crippen LogP contribution in [0.3, 0.4) is 0 Å². The van der Waals surface area contributed by atoms with Gasteiger partial charge in [0.15, 0.2) is 18.1 Å². The van der Waals surface area contributed by atoms with Gasteiger partial charge in [-0.15, -0.1) is 0 Å². The average Bonchev–Trinajstić information content (AvgIpc) is 2.71. The van der Waals surface area contributed by atoms with Crippen LogP contribution in [0.15, 0.2) is 42.5 Å². The molecule has 144 valence electrons. The Morgan fingerprint density at radius 2 is 1.56 bits per heavy atom. The van der Waals surface area contributed by atoms with Gasteiger partial charge in [-0.05, 0) is 24.6 Å². The van der Waals surface area contributed by atoms with Crippen molar-refractivity contribution in [3.05, 3.63) is 53.6 Å². The zero-order valence-corrected chi connectivity index (χ0v) is 15.8. The fourth-order valence-electron chi connectivity index (χ4n) is 2.52. The summed E-state index contributed by atoms with van der Waals surface area (Å²) in [5, 5.41) is 2.78. The van der Waals surface area contributed by atoms with Gasteiger partial charge in [-0.3, -0.25) is 4.79 Å². The summed E-state index contributed by atoms with van der Waals surface area (Å²) < 4.78 is 20.7. The maximum Gasteiger partial charge on any atom is 0.338 e. The molecule has 0 saturated heterocycles. The maximum absolute atomic E-state index is 12.3. The van der Waals surface area contributed by atoms with Crippen molar-refractivity contribution in [2.75, 3.05) is 27.9 Å². The third-order valence-corrected chi connectivity index (χ3v) is 3.91. The normalized spacial score (nSPS) is 11.3. The summed E-state index contributed by atoms with van der Waals surface area (Å²) in [5.41, 5.74) is 1.15. The first-order chi connectivity index (χ1) is 13.0. The first kappa shape index (κ1) is 20.1. The van der Waals surface area contributed by atoms with E-state index in [2.05, 4.69) is 5.32 Å². The van der Waals surface area contributed by atoms with Crippen molar-refractivity contribution in [1.29, 1.82) is 0 Å². The number of ether oxygens (including phenoxy) is 4. The summed E-state index contributed by atoms with van der Waals surface area (Å²) in [4.78, 5) is 24.3. The first-order valence-electron chi connectivity index (χ1n) is 8.31. The van der Waals surface area contributed by atoms with E-state index in [-0.39, 0.29) is 11.6 Å². The van der Waals surface area contributed by atoms with Crippen LogP contribution in [0.2, 0.25) is 0 Å². The molecule has 0 aromatic heterocycles. The number of benzene rings is 2. The second kappa shape index (κ2) is 9.47.